The Balaban J connectivity index is 1.67. The molecule has 0 aromatic heterocycles. The van der Waals surface area contributed by atoms with E-state index in [4.69, 9.17) is 9.47 Å². The summed E-state index contributed by atoms with van der Waals surface area (Å²) in [5, 5.41) is 5.32. The Labute approximate surface area is 202 Å². The first-order valence-corrected chi connectivity index (χ1v) is 11.4. The van der Waals surface area contributed by atoms with E-state index in [1.54, 1.807) is 61.5 Å². The average molecular weight is 479 g/mol. The van der Waals surface area contributed by atoms with Gasteiger partial charge in [-0.15, -0.1) is 11.8 Å². The van der Waals surface area contributed by atoms with Crippen LogP contribution in [0.4, 0.5) is 11.4 Å². The lowest BCUT2D eigenvalue weighted by Gasteiger charge is -2.15. The van der Waals surface area contributed by atoms with Crippen LogP contribution in [0.1, 0.15) is 34.6 Å². The maximum Gasteiger partial charge on any atom is 0.263 e. The first-order valence-electron chi connectivity index (χ1n) is 10.5. The van der Waals surface area contributed by atoms with Crippen LogP contribution in [-0.4, -0.2) is 37.1 Å². The Morgan fingerprint density at radius 1 is 0.824 bits per heavy atom. The minimum absolute atomic E-state index is 0.0297. The normalized spacial score (nSPS) is 11.3. The van der Waals surface area contributed by atoms with Crippen LogP contribution in [0, 0.1) is 0 Å². The van der Waals surface area contributed by atoms with Gasteiger partial charge >= 0.3 is 0 Å². The number of thioether (sulfide) groups is 1. The summed E-state index contributed by atoms with van der Waals surface area (Å²) in [5.74, 6) is 0.246. The zero-order valence-corrected chi connectivity index (χ0v) is 20.2. The number of nitrogens with one attached hydrogen (secondary N) is 2. The van der Waals surface area contributed by atoms with Gasteiger partial charge in [0.25, 0.3) is 5.91 Å². The van der Waals surface area contributed by atoms with Crippen LogP contribution in [0.5, 0.6) is 11.5 Å². The van der Waals surface area contributed by atoms with Gasteiger partial charge in [0.1, 0.15) is 17.1 Å². The summed E-state index contributed by atoms with van der Waals surface area (Å²) in [5.41, 5.74) is 2.09. The Bertz CT molecular complexity index is 1170. The lowest BCUT2D eigenvalue weighted by atomic mass is 10.1. The Kier molecular flexibility index (Phi) is 8.32. The van der Waals surface area contributed by atoms with E-state index < -0.39 is 5.25 Å². The van der Waals surface area contributed by atoms with Crippen LogP contribution in [0.15, 0.2) is 71.6 Å². The van der Waals surface area contributed by atoms with Crippen molar-refractivity contribution in [2.24, 2.45) is 0 Å². The molecule has 0 spiro atoms. The molecule has 2 N–H and O–H groups in total. The summed E-state index contributed by atoms with van der Waals surface area (Å²) < 4.78 is 10.6. The first kappa shape index (κ1) is 24.9. The third-order valence-electron chi connectivity index (χ3n) is 4.99. The van der Waals surface area contributed by atoms with Crippen molar-refractivity contribution < 1.29 is 23.9 Å². The molecule has 3 aromatic rings. The molecule has 0 aliphatic heterocycles. The van der Waals surface area contributed by atoms with Gasteiger partial charge in [-0.2, -0.15) is 0 Å². The third kappa shape index (κ3) is 6.17. The van der Waals surface area contributed by atoms with E-state index in [1.165, 1.54) is 32.9 Å². The van der Waals surface area contributed by atoms with E-state index in [-0.39, 0.29) is 17.6 Å². The molecule has 8 heteroatoms. The van der Waals surface area contributed by atoms with Gasteiger partial charge in [-0.25, -0.2) is 0 Å². The van der Waals surface area contributed by atoms with Gasteiger partial charge in [0, 0.05) is 21.8 Å². The van der Waals surface area contributed by atoms with Crippen LogP contribution in [0.25, 0.3) is 0 Å². The number of carbonyl (C=O) groups is 3. The molecule has 3 aromatic carbocycles. The van der Waals surface area contributed by atoms with E-state index in [2.05, 4.69) is 10.6 Å². The molecular weight excluding hydrogens is 452 g/mol. The number of hydrogen-bond acceptors (Lipinski definition) is 6. The molecule has 1 unspecified atom stereocenters. The van der Waals surface area contributed by atoms with E-state index in [0.717, 1.165) is 4.90 Å². The Morgan fingerprint density at radius 2 is 1.44 bits per heavy atom. The number of ether oxygens (including phenoxy) is 2. The van der Waals surface area contributed by atoms with E-state index in [1.807, 2.05) is 12.1 Å². The fourth-order valence-corrected chi connectivity index (χ4v) is 4.13. The number of carbonyl (C=O) groups excluding carboxylic acids is 3. The molecule has 0 aliphatic rings. The minimum Gasteiger partial charge on any atom is -0.496 e. The van der Waals surface area contributed by atoms with Crippen molar-refractivity contribution in [2.45, 2.75) is 24.0 Å². The maximum absolute atomic E-state index is 12.9. The molecule has 0 saturated carbocycles. The zero-order valence-electron chi connectivity index (χ0n) is 19.4. The van der Waals surface area contributed by atoms with Crippen molar-refractivity contribution in [3.8, 4) is 11.5 Å². The number of methoxy groups -OCH3 is 2. The number of amides is 2. The van der Waals surface area contributed by atoms with Gasteiger partial charge < -0.3 is 20.1 Å². The number of hydrogen-bond donors (Lipinski definition) is 2. The van der Waals surface area contributed by atoms with Gasteiger partial charge in [-0.1, -0.05) is 12.1 Å². The predicted molar refractivity (Wildman–Crippen MR) is 134 cm³/mol. The van der Waals surface area contributed by atoms with Crippen molar-refractivity contribution in [2.75, 3.05) is 24.9 Å². The summed E-state index contributed by atoms with van der Waals surface area (Å²) in [6.07, 6.45) is 0. The van der Waals surface area contributed by atoms with Gasteiger partial charge in [0.2, 0.25) is 5.91 Å². The highest BCUT2D eigenvalue weighted by atomic mass is 32.2. The van der Waals surface area contributed by atoms with Gasteiger partial charge in [0.15, 0.2) is 5.78 Å². The lowest BCUT2D eigenvalue weighted by Crippen LogP contribution is -2.22. The second-order valence-electron chi connectivity index (χ2n) is 7.40. The van der Waals surface area contributed by atoms with E-state index in [0.29, 0.717) is 34.0 Å². The SMILES string of the molecule is COc1cccc(OC)c1C(=O)Nc1cccc(SC(C)C(=O)Nc2ccc(C(C)=O)cc2)c1. The summed E-state index contributed by atoms with van der Waals surface area (Å²) >= 11 is 1.36. The Morgan fingerprint density at radius 3 is 2.03 bits per heavy atom. The predicted octanol–water partition coefficient (Wildman–Crippen LogP) is 5.28. The lowest BCUT2D eigenvalue weighted by molar-refractivity contribution is -0.115. The second-order valence-corrected chi connectivity index (χ2v) is 8.82. The molecular formula is C26H26N2O5S. The smallest absolute Gasteiger partial charge is 0.263 e. The van der Waals surface area contributed by atoms with Crippen molar-refractivity contribution in [3.63, 3.8) is 0 Å². The highest BCUT2D eigenvalue weighted by molar-refractivity contribution is 8.00. The maximum atomic E-state index is 12.9. The second kappa shape index (κ2) is 11.4. The topological polar surface area (TPSA) is 93.7 Å². The fourth-order valence-electron chi connectivity index (χ4n) is 3.21. The van der Waals surface area contributed by atoms with Crippen molar-refractivity contribution in [1.82, 2.24) is 0 Å². The summed E-state index contributed by atoms with van der Waals surface area (Å²) in [7, 11) is 2.99. The molecule has 2 amide bonds. The highest BCUT2D eigenvalue weighted by Crippen LogP contribution is 2.30. The van der Waals surface area contributed by atoms with Gasteiger partial charge in [0.05, 0.1) is 19.5 Å². The molecule has 1 atom stereocenters. The molecule has 34 heavy (non-hydrogen) atoms. The van der Waals surface area contributed by atoms with Crippen LogP contribution >= 0.6 is 11.8 Å². The van der Waals surface area contributed by atoms with Crippen LogP contribution < -0.4 is 20.1 Å². The molecule has 0 fully saturated rings. The first-order chi connectivity index (χ1) is 16.3. The summed E-state index contributed by atoms with van der Waals surface area (Å²) in [6.45, 7) is 3.30. The zero-order chi connectivity index (χ0) is 24.7. The quantitative estimate of drug-likeness (QED) is 0.321. The molecule has 176 valence electrons. The monoisotopic (exact) mass is 478 g/mol. The highest BCUT2D eigenvalue weighted by Gasteiger charge is 2.19. The van der Waals surface area contributed by atoms with E-state index >= 15 is 0 Å². The minimum atomic E-state index is -0.396. The molecule has 0 bridgehead atoms. The largest absolute Gasteiger partial charge is 0.496 e. The van der Waals surface area contributed by atoms with E-state index in [9.17, 15) is 14.4 Å². The molecule has 3 rings (SSSR count). The number of rotatable bonds is 9. The summed E-state index contributed by atoms with van der Waals surface area (Å²) in [4.78, 5) is 37.8. The average Bonchev–Trinajstić information content (AvgIpc) is 2.83. The number of anilines is 2. The molecule has 0 heterocycles. The van der Waals surface area contributed by atoms with Crippen LogP contribution in [0.3, 0.4) is 0 Å². The number of Topliss-reactive ketones (excluding diaryl/α,β-unsaturated/α-hetero) is 1. The van der Waals surface area contributed by atoms with Gasteiger partial charge in [-0.05, 0) is 68.4 Å². The molecule has 0 saturated heterocycles. The number of ketones is 1. The third-order valence-corrected chi connectivity index (χ3v) is 6.08. The number of benzene rings is 3. The van der Waals surface area contributed by atoms with Crippen LogP contribution in [-0.2, 0) is 4.79 Å². The fraction of sp³-hybridized carbons (Fsp3) is 0.192. The summed E-state index contributed by atoms with van der Waals surface area (Å²) in [6, 6.07) is 19.1. The molecule has 0 aliphatic carbocycles. The standard InChI is InChI=1S/C26H26N2O5S/c1-16(29)18-11-13-19(14-12-18)27-25(30)17(2)34-21-8-5-7-20(15-21)28-26(31)24-22(32-3)9-6-10-23(24)33-4/h5-15,17H,1-4H3,(H,27,30)(H,28,31). The molecule has 0 radical (unpaired) electrons. The Hall–Kier alpha value is -3.78. The van der Waals surface area contributed by atoms with Crippen molar-refractivity contribution >= 4 is 40.7 Å². The van der Waals surface area contributed by atoms with Crippen molar-refractivity contribution in [3.05, 3.63) is 77.9 Å². The molecule has 7 nitrogen and oxygen atoms in total. The van der Waals surface area contributed by atoms with Crippen LogP contribution in [0.2, 0.25) is 0 Å². The van der Waals surface area contributed by atoms with Gasteiger partial charge in [-0.3, -0.25) is 14.4 Å². The van der Waals surface area contributed by atoms with Crippen molar-refractivity contribution in [1.29, 1.82) is 0 Å².